The van der Waals surface area contributed by atoms with Crippen LogP contribution in [-0.4, -0.2) is 10.2 Å². The quantitative estimate of drug-likeness (QED) is 0.401. The summed E-state index contributed by atoms with van der Waals surface area (Å²) in [6, 6.07) is 32.4. The van der Waals surface area contributed by atoms with Crippen LogP contribution in [0.5, 0.6) is 0 Å². The van der Waals surface area contributed by atoms with Crippen molar-refractivity contribution in [1.29, 1.82) is 5.26 Å². The third-order valence-corrected chi connectivity index (χ3v) is 5.42. The van der Waals surface area contributed by atoms with Gasteiger partial charge in [0.1, 0.15) is 16.8 Å². The van der Waals surface area contributed by atoms with E-state index in [9.17, 15) is 5.26 Å². The maximum atomic E-state index is 10.00. The van der Waals surface area contributed by atoms with Gasteiger partial charge in [-0.25, -0.2) is 0 Å². The van der Waals surface area contributed by atoms with Crippen LogP contribution in [0.15, 0.2) is 96.0 Å². The van der Waals surface area contributed by atoms with E-state index in [1.165, 1.54) is 5.56 Å². The molecule has 4 heteroatoms. The molecule has 3 nitrogen and oxygen atoms in total. The molecule has 0 aliphatic carbocycles. The first-order valence-electron chi connectivity index (χ1n) is 8.95. The molecule has 4 rings (SSSR count). The van der Waals surface area contributed by atoms with Crippen molar-refractivity contribution < 1.29 is 0 Å². The van der Waals surface area contributed by atoms with Crippen LogP contribution in [0.25, 0.3) is 22.4 Å². The SMILES string of the molecule is N#Cc1c(SCc2ccccc2)nnc(-c2ccccc2)c1-c1ccccc1. The Hall–Kier alpha value is -3.42. The minimum atomic E-state index is 0.570. The normalized spacial score (nSPS) is 10.4. The summed E-state index contributed by atoms with van der Waals surface area (Å²) in [6.45, 7) is 0. The lowest BCUT2D eigenvalue weighted by Gasteiger charge is -2.13. The zero-order valence-corrected chi connectivity index (χ0v) is 15.9. The summed E-state index contributed by atoms with van der Waals surface area (Å²) >= 11 is 1.54. The first-order chi connectivity index (χ1) is 13.9. The fourth-order valence-electron chi connectivity index (χ4n) is 3.04. The van der Waals surface area contributed by atoms with Crippen LogP contribution in [0.1, 0.15) is 11.1 Å². The zero-order valence-electron chi connectivity index (χ0n) is 15.1. The lowest BCUT2D eigenvalue weighted by atomic mass is 9.96. The molecule has 3 aromatic carbocycles. The van der Waals surface area contributed by atoms with Gasteiger partial charge in [-0.2, -0.15) is 5.26 Å². The van der Waals surface area contributed by atoms with Gasteiger partial charge in [0.2, 0.25) is 0 Å². The topological polar surface area (TPSA) is 49.6 Å². The molecule has 0 radical (unpaired) electrons. The summed E-state index contributed by atoms with van der Waals surface area (Å²) < 4.78 is 0. The predicted molar refractivity (Wildman–Crippen MR) is 114 cm³/mol. The van der Waals surface area contributed by atoms with Crippen molar-refractivity contribution in [1.82, 2.24) is 10.2 Å². The lowest BCUT2D eigenvalue weighted by molar-refractivity contribution is 0.928. The molecule has 0 aliphatic rings. The summed E-state index contributed by atoms with van der Waals surface area (Å²) in [5.74, 6) is 0.739. The van der Waals surface area contributed by atoms with Crippen LogP contribution < -0.4 is 0 Å². The number of benzene rings is 3. The van der Waals surface area contributed by atoms with Crippen molar-refractivity contribution in [3.63, 3.8) is 0 Å². The maximum absolute atomic E-state index is 10.00. The average Bonchev–Trinajstić information content (AvgIpc) is 2.79. The maximum Gasteiger partial charge on any atom is 0.138 e. The summed E-state index contributed by atoms with van der Waals surface area (Å²) in [5.41, 5.74) is 5.24. The van der Waals surface area contributed by atoms with E-state index >= 15 is 0 Å². The fraction of sp³-hybridized carbons (Fsp3) is 0.0417. The monoisotopic (exact) mass is 379 g/mol. The number of rotatable bonds is 5. The van der Waals surface area contributed by atoms with Crippen LogP contribution in [-0.2, 0) is 5.75 Å². The van der Waals surface area contributed by atoms with Crippen LogP contribution >= 0.6 is 11.8 Å². The number of hydrogen-bond acceptors (Lipinski definition) is 4. The molecule has 1 heterocycles. The van der Waals surface area contributed by atoms with E-state index < -0.39 is 0 Å². The van der Waals surface area contributed by atoms with E-state index in [4.69, 9.17) is 0 Å². The summed E-state index contributed by atoms with van der Waals surface area (Å²) in [5, 5.41) is 19.6. The highest BCUT2D eigenvalue weighted by molar-refractivity contribution is 7.98. The smallest absolute Gasteiger partial charge is 0.138 e. The number of nitrogens with zero attached hydrogens (tertiary/aromatic N) is 3. The molecule has 0 unspecified atom stereocenters. The third kappa shape index (κ3) is 3.80. The Bertz CT molecular complexity index is 1110. The van der Waals surface area contributed by atoms with Gasteiger partial charge in [0.25, 0.3) is 0 Å². The molecule has 1 aromatic heterocycles. The van der Waals surface area contributed by atoms with E-state index in [1.807, 2.05) is 78.9 Å². The van der Waals surface area contributed by atoms with Crippen LogP contribution in [0.2, 0.25) is 0 Å². The molecule has 28 heavy (non-hydrogen) atoms. The van der Waals surface area contributed by atoms with Crippen molar-refractivity contribution >= 4 is 11.8 Å². The Balaban J connectivity index is 1.83. The largest absolute Gasteiger partial charge is 0.192 e. The second kappa shape index (κ2) is 8.51. The van der Waals surface area contributed by atoms with E-state index in [-0.39, 0.29) is 0 Å². The molecule has 0 N–H and O–H groups in total. The van der Waals surface area contributed by atoms with Gasteiger partial charge in [-0.1, -0.05) is 103 Å². The second-order valence-electron chi connectivity index (χ2n) is 6.22. The second-order valence-corrected chi connectivity index (χ2v) is 7.19. The predicted octanol–water partition coefficient (Wildman–Crippen LogP) is 5.97. The van der Waals surface area contributed by atoms with Gasteiger partial charge in [0, 0.05) is 16.9 Å². The molecule has 4 aromatic rings. The molecule has 0 fully saturated rings. The van der Waals surface area contributed by atoms with Crippen molar-refractivity contribution in [3.05, 3.63) is 102 Å². The molecule has 0 atom stereocenters. The summed E-state index contributed by atoms with van der Waals surface area (Å²) in [4.78, 5) is 0. The first kappa shape index (κ1) is 18.0. The summed E-state index contributed by atoms with van der Waals surface area (Å²) in [6.07, 6.45) is 0. The van der Waals surface area contributed by atoms with Gasteiger partial charge in [0.15, 0.2) is 0 Å². The molecular formula is C24H17N3S. The number of thioether (sulfide) groups is 1. The Labute approximate surface area is 168 Å². The number of nitriles is 1. The highest BCUT2D eigenvalue weighted by Gasteiger charge is 2.19. The molecule has 0 aliphatic heterocycles. The van der Waals surface area contributed by atoms with Gasteiger partial charge >= 0.3 is 0 Å². The van der Waals surface area contributed by atoms with Crippen molar-refractivity contribution in [2.45, 2.75) is 10.8 Å². The van der Waals surface area contributed by atoms with Crippen molar-refractivity contribution in [3.8, 4) is 28.5 Å². The minimum absolute atomic E-state index is 0.570. The van der Waals surface area contributed by atoms with Crippen molar-refractivity contribution in [2.75, 3.05) is 0 Å². The Morgan fingerprint density at radius 1 is 0.714 bits per heavy atom. The molecular weight excluding hydrogens is 362 g/mol. The van der Waals surface area contributed by atoms with Gasteiger partial charge in [0.05, 0.1) is 5.56 Å². The van der Waals surface area contributed by atoms with E-state index in [0.29, 0.717) is 10.6 Å². The third-order valence-electron chi connectivity index (χ3n) is 4.38. The van der Waals surface area contributed by atoms with Crippen LogP contribution in [0.4, 0.5) is 0 Å². The molecule has 0 bridgehead atoms. The van der Waals surface area contributed by atoms with E-state index in [1.54, 1.807) is 11.8 Å². The average molecular weight is 379 g/mol. The molecule has 0 saturated heterocycles. The zero-order chi connectivity index (χ0) is 19.2. The van der Waals surface area contributed by atoms with Gasteiger partial charge in [-0.3, -0.25) is 0 Å². The lowest BCUT2D eigenvalue weighted by Crippen LogP contribution is -2.00. The van der Waals surface area contributed by atoms with Crippen LogP contribution in [0, 0.1) is 11.3 Å². The highest BCUT2D eigenvalue weighted by Crippen LogP contribution is 2.37. The Morgan fingerprint density at radius 3 is 1.89 bits per heavy atom. The van der Waals surface area contributed by atoms with Gasteiger partial charge < -0.3 is 0 Å². The number of hydrogen-bond donors (Lipinski definition) is 0. The summed E-state index contributed by atoms with van der Waals surface area (Å²) in [7, 11) is 0. The fourth-order valence-corrected chi connectivity index (χ4v) is 3.92. The standard InChI is InChI=1S/C24H17N3S/c25-16-21-22(19-12-6-2-7-13-19)23(20-14-8-3-9-15-20)26-27-24(21)28-17-18-10-4-1-5-11-18/h1-15H,17H2. The Morgan fingerprint density at radius 2 is 1.29 bits per heavy atom. The highest BCUT2D eigenvalue weighted by atomic mass is 32.2. The van der Waals surface area contributed by atoms with E-state index in [0.717, 1.165) is 28.1 Å². The van der Waals surface area contributed by atoms with Gasteiger partial charge in [-0.05, 0) is 11.1 Å². The minimum Gasteiger partial charge on any atom is -0.192 e. The van der Waals surface area contributed by atoms with E-state index in [2.05, 4.69) is 28.4 Å². The molecule has 0 spiro atoms. The number of aromatic nitrogens is 2. The Kier molecular flexibility index (Phi) is 5.46. The molecule has 0 amide bonds. The van der Waals surface area contributed by atoms with Crippen LogP contribution in [0.3, 0.4) is 0 Å². The van der Waals surface area contributed by atoms with Crippen molar-refractivity contribution in [2.24, 2.45) is 0 Å². The molecule has 134 valence electrons. The van der Waals surface area contributed by atoms with Gasteiger partial charge in [-0.15, -0.1) is 10.2 Å². The molecule has 0 saturated carbocycles. The first-order valence-corrected chi connectivity index (χ1v) is 9.93.